The average Bonchev–Trinajstić information content (AvgIpc) is 2.74. The van der Waals surface area contributed by atoms with E-state index in [2.05, 4.69) is 43.6 Å². The van der Waals surface area contributed by atoms with Crippen molar-refractivity contribution >= 4 is 11.3 Å². The molecular weight excluding hydrogens is 214 g/mol. The van der Waals surface area contributed by atoms with Crippen LogP contribution in [0.1, 0.15) is 38.5 Å². The van der Waals surface area contributed by atoms with Crippen LogP contribution in [-0.2, 0) is 6.42 Å². The minimum Gasteiger partial charge on any atom is -0.316 e. The van der Waals surface area contributed by atoms with Crippen LogP contribution in [0.3, 0.4) is 0 Å². The van der Waals surface area contributed by atoms with Gasteiger partial charge in [0.05, 0.1) is 0 Å². The highest BCUT2D eigenvalue weighted by Gasteiger charge is 2.03. The van der Waals surface area contributed by atoms with E-state index in [1.54, 1.807) is 0 Å². The Bertz CT molecular complexity index is 254. The Balaban J connectivity index is 2.00. The maximum Gasteiger partial charge on any atom is 0.00453 e. The van der Waals surface area contributed by atoms with Gasteiger partial charge in [-0.2, -0.15) is 0 Å². The van der Waals surface area contributed by atoms with E-state index >= 15 is 0 Å². The summed E-state index contributed by atoms with van der Waals surface area (Å²) >= 11 is 1.88. The first-order chi connectivity index (χ1) is 7.68. The SMILES string of the molecule is CC(C)CNCCC(C)CCc1cccs1. The third-order valence-corrected chi connectivity index (χ3v) is 3.77. The van der Waals surface area contributed by atoms with Crippen LogP contribution in [0.15, 0.2) is 17.5 Å². The van der Waals surface area contributed by atoms with Gasteiger partial charge in [0.1, 0.15) is 0 Å². The second-order valence-electron chi connectivity index (χ2n) is 5.11. The molecule has 0 bridgehead atoms. The van der Waals surface area contributed by atoms with Crippen LogP contribution in [0.25, 0.3) is 0 Å². The molecule has 1 N–H and O–H groups in total. The minimum atomic E-state index is 0.765. The highest BCUT2D eigenvalue weighted by Crippen LogP contribution is 2.16. The Labute approximate surface area is 104 Å². The maximum atomic E-state index is 3.51. The van der Waals surface area contributed by atoms with Crippen LogP contribution in [0.5, 0.6) is 0 Å². The summed E-state index contributed by atoms with van der Waals surface area (Å²) in [7, 11) is 0. The molecular formula is C14H25NS. The zero-order valence-corrected chi connectivity index (χ0v) is 11.6. The Morgan fingerprint density at radius 2 is 2.06 bits per heavy atom. The topological polar surface area (TPSA) is 12.0 Å². The Morgan fingerprint density at radius 1 is 1.25 bits per heavy atom. The van der Waals surface area contributed by atoms with Gasteiger partial charge in [-0.25, -0.2) is 0 Å². The van der Waals surface area contributed by atoms with Crippen molar-refractivity contribution in [2.24, 2.45) is 11.8 Å². The van der Waals surface area contributed by atoms with Crippen molar-refractivity contribution in [1.82, 2.24) is 5.32 Å². The molecule has 1 nitrogen and oxygen atoms in total. The van der Waals surface area contributed by atoms with Crippen molar-refractivity contribution in [3.8, 4) is 0 Å². The van der Waals surface area contributed by atoms with Gasteiger partial charge in [-0.3, -0.25) is 0 Å². The molecule has 1 atom stereocenters. The lowest BCUT2D eigenvalue weighted by molar-refractivity contribution is 0.455. The molecule has 0 amide bonds. The number of rotatable bonds is 8. The summed E-state index contributed by atoms with van der Waals surface area (Å²) < 4.78 is 0. The molecule has 1 aromatic rings. The van der Waals surface area contributed by atoms with Crippen LogP contribution in [-0.4, -0.2) is 13.1 Å². The molecule has 0 radical (unpaired) electrons. The van der Waals surface area contributed by atoms with Gasteiger partial charge in [-0.05, 0) is 55.6 Å². The van der Waals surface area contributed by atoms with Crippen LogP contribution < -0.4 is 5.32 Å². The summed E-state index contributed by atoms with van der Waals surface area (Å²) in [5.74, 6) is 1.60. The van der Waals surface area contributed by atoms with Crippen molar-refractivity contribution in [1.29, 1.82) is 0 Å². The molecule has 2 heteroatoms. The number of hydrogen-bond donors (Lipinski definition) is 1. The number of thiophene rings is 1. The van der Waals surface area contributed by atoms with Gasteiger partial charge in [0, 0.05) is 4.88 Å². The third-order valence-electron chi connectivity index (χ3n) is 2.83. The first-order valence-electron chi connectivity index (χ1n) is 6.41. The molecule has 16 heavy (non-hydrogen) atoms. The van der Waals surface area contributed by atoms with Gasteiger partial charge in [-0.15, -0.1) is 11.3 Å². The molecule has 0 fully saturated rings. The fraction of sp³-hybridized carbons (Fsp3) is 0.714. The van der Waals surface area contributed by atoms with Gasteiger partial charge >= 0.3 is 0 Å². The summed E-state index contributed by atoms with van der Waals surface area (Å²) in [6.45, 7) is 9.20. The van der Waals surface area contributed by atoms with E-state index in [9.17, 15) is 0 Å². The van der Waals surface area contributed by atoms with E-state index in [-0.39, 0.29) is 0 Å². The molecule has 0 aliphatic rings. The van der Waals surface area contributed by atoms with E-state index in [0.717, 1.165) is 18.4 Å². The van der Waals surface area contributed by atoms with Crippen molar-refractivity contribution in [3.05, 3.63) is 22.4 Å². The lowest BCUT2D eigenvalue weighted by Crippen LogP contribution is -2.22. The fourth-order valence-electron chi connectivity index (χ4n) is 1.73. The zero-order chi connectivity index (χ0) is 11.8. The van der Waals surface area contributed by atoms with Gasteiger partial charge in [0.2, 0.25) is 0 Å². The van der Waals surface area contributed by atoms with Gasteiger partial charge < -0.3 is 5.32 Å². The van der Waals surface area contributed by atoms with Crippen molar-refractivity contribution in [3.63, 3.8) is 0 Å². The largest absolute Gasteiger partial charge is 0.316 e. The summed E-state index contributed by atoms with van der Waals surface area (Å²) in [5, 5.41) is 5.68. The zero-order valence-electron chi connectivity index (χ0n) is 10.8. The van der Waals surface area contributed by atoms with E-state index in [0.29, 0.717) is 0 Å². The molecule has 92 valence electrons. The molecule has 0 saturated carbocycles. The smallest absolute Gasteiger partial charge is 0.00453 e. The fourth-order valence-corrected chi connectivity index (χ4v) is 2.45. The molecule has 1 unspecified atom stereocenters. The van der Waals surface area contributed by atoms with E-state index in [1.165, 1.54) is 30.7 Å². The maximum absolute atomic E-state index is 3.51. The predicted octanol–water partition coefficient (Wildman–Crippen LogP) is 3.95. The summed E-state index contributed by atoms with van der Waals surface area (Å²) in [5.41, 5.74) is 0. The molecule has 1 rings (SSSR count). The molecule has 1 heterocycles. The van der Waals surface area contributed by atoms with Crippen molar-refractivity contribution in [2.45, 2.75) is 40.0 Å². The van der Waals surface area contributed by atoms with E-state index in [1.807, 2.05) is 11.3 Å². The molecule has 1 aromatic heterocycles. The Morgan fingerprint density at radius 3 is 2.69 bits per heavy atom. The van der Waals surface area contributed by atoms with Crippen LogP contribution >= 0.6 is 11.3 Å². The number of aryl methyl sites for hydroxylation is 1. The first kappa shape index (κ1) is 13.7. The molecule has 0 saturated heterocycles. The summed E-state index contributed by atoms with van der Waals surface area (Å²) in [6.07, 6.45) is 3.88. The normalized spacial score (nSPS) is 13.2. The Hall–Kier alpha value is -0.340. The molecule has 0 aromatic carbocycles. The number of nitrogens with one attached hydrogen (secondary N) is 1. The average molecular weight is 239 g/mol. The minimum absolute atomic E-state index is 0.765. The van der Waals surface area contributed by atoms with E-state index < -0.39 is 0 Å². The lowest BCUT2D eigenvalue weighted by Gasteiger charge is -2.12. The molecule has 0 spiro atoms. The van der Waals surface area contributed by atoms with Crippen LogP contribution in [0.2, 0.25) is 0 Å². The second kappa shape index (κ2) is 7.86. The quantitative estimate of drug-likeness (QED) is 0.677. The van der Waals surface area contributed by atoms with Crippen LogP contribution in [0.4, 0.5) is 0 Å². The van der Waals surface area contributed by atoms with Gasteiger partial charge in [-0.1, -0.05) is 26.8 Å². The van der Waals surface area contributed by atoms with Gasteiger partial charge in [0.25, 0.3) is 0 Å². The second-order valence-corrected chi connectivity index (χ2v) is 6.14. The summed E-state index contributed by atoms with van der Waals surface area (Å²) in [6, 6.07) is 4.39. The predicted molar refractivity (Wildman–Crippen MR) is 74.1 cm³/mol. The van der Waals surface area contributed by atoms with Gasteiger partial charge in [0.15, 0.2) is 0 Å². The highest BCUT2D eigenvalue weighted by molar-refractivity contribution is 7.09. The standard InChI is InChI=1S/C14H25NS/c1-12(2)11-15-9-8-13(3)6-7-14-5-4-10-16-14/h4-5,10,12-13,15H,6-9,11H2,1-3H3. The first-order valence-corrected chi connectivity index (χ1v) is 7.29. The monoisotopic (exact) mass is 239 g/mol. The number of hydrogen-bond acceptors (Lipinski definition) is 2. The summed E-state index contributed by atoms with van der Waals surface area (Å²) in [4.78, 5) is 1.53. The Kier molecular flexibility index (Phi) is 6.74. The van der Waals surface area contributed by atoms with Crippen molar-refractivity contribution in [2.75, 3.05) is 13.1 Å². The molecule has 0 aliphatic carbocycles. The highest BCUT2D eigenvalue weighted by atomic mass is 32.1. The third kappa shape index (κ3) is 6.29. The van der Waals surface area contributed by atoms with Crippen molar-refractivity contribution < 1.29 is 0 Å². The van der Waals surface area contributed by atoms with Crippen LogP contribution in [0, 0.1) is 11.8 Å². The van der Waals surface area contributed by atoms with E-state index in [4.69, 9.17) is 0 Å². The lowest BCUT2D eigenvalue weighted by atomic mass is 10.0. The molecule has 0 aliphatic heterocycles.